The predicted molar refractivity (Wildman–Crippen MR) is 66.9 cm³/mol. The minimum atomic E-state index is 0.345. The second kappa shape index (κ2) is 5.10. The fraction of sp³-hybridized carbons (Fsp3) is 0.636. The number of aromatic nitrogens is 2. The van der Waals surface area contributed by atoms with E-state index in [2.05, 4.69) is 44.6 Å². The average molecular weight is 286 g/mol. The Kier molecular flexibility index (Phi) is 3.76. The number of halogens is 1. The van der Waals surface area contributed by atoms with Crippen molar-refractivity contribution in [3.05, 3.63) is 16.5 Å². The van der Waals surface area contributed by atoms with Gasteiger partial charge in [-0.05, 0) is 15.9 Å². The molecule has 2 rings (SSSR count). The summed E-state index contributed by atoms with van der Waals surface area (Å²) < 4.78 is 6.19. The van der Waals surface area contributed by atoms with E-state index in [1.807, 2.05) is 6.07 Å². The molecule has 1 fully saturated rings. The Morgan fingerprint density at radius 3 is 2.62 bits per heavy atom. The molecule has 0 saturated carbocycles. The highest BCUT2D eigenvalue weighted by Crippen LogP contribution is 2.20. The Bertz CT molecular complexity index is 364. The van der Waals surface area contributed by atoms with Gasteiger partial charge < -0.3 is 9.64 Å². The van der Waals surface area contributed by atoms with E-state index in [-0.39, 0.29) is 0 Å². The van der Waals surface area contributed by atoms with Gasteiger partial charge in [-0.1, -0.05) is 13.8 Å². The first kappa shape index (κ1) is 11.8. The standard InChI is InChI=1S/C11H16BrN3O/c1-8(2)11-13-9(12)7-10(14-11)15-3-5-16-6-4-15/h7-8H,3-6H2,1-2H3. The molecule has 1 saturated heterocycles. The first-order chi connectivity index (χ1) is 7.66. The SMILES string of the molecule is CC(C)c1nc(Br)cc(N2CCOCC2)n1. The second-order valence-electron chi connectivity index (χ2n) is 4.16. The molecule has 5 heteroatoms. The average Bonchev–Trinajstić information content (AvgIpc) is 2.29. The van der Waals surface area contributed by atoms with Crippen molar-refractivity contribution in [3.63, 3.8) is 0 Å². The van der Waals surface area contributed by atoms with E-state index >= 15 is 0 Å². The van der Waals surface area contributed by atoms with Crippen LogP contribution in [0.1, 0.15) is 25.6 Å². The van der Waals surface area contributed by atoms with Gasteiger partial charge in [0.25, 0.3) is 0 Å². The molecule has 88 valence electrons. The lowest BCUT2D eigenvalue weighted by Crippen LogP contribution is -2.37. The van der Waals surface area contributed by atoms with Gasteiger partial charge in [0, 0.05) is 25.1 Å². The number of hydrogen-bond donors (Lipinski definition) is 0. The smallest absolute Gasteiger partial charge is 0.134 e. The number of hydrogen-bond acceptors (Lipinski definition) is 4. The molecular formula is C11H16BrN3O. The molecule has 16 heavy (non-hydrogen) atoms. The Morgan fingerprint density at radius 1 is 1.31 bits per heavy atom. The summed E-state index contributed by atoms with van der Waals surface area (Å²) in [4.78, 5) is 11.2. The largest absolute Gasteiger partial charge is 0.378 e. The Hall–Kier alpha value is -0.680. The van der Waals surface area contributed by atoms with Crippen LogP contribution in [0.15, 0.2) is 10.7 Å². The van der Waals surface area contributed by atoms with Crippen molar-refractivity contribution in [3.8, 4) is 0 Å². The number of rotatable bonds is 2. The molecule has 0 N–H and O–H groups in total. The summed E-state index contributed by atoms with van der Waals surface area (Å²) >= 11 is 3.44. The molecular weight excluding hydrogens is 270 g/mol. The van der Waals surface area contributed by atoms with Gasteiger partial charge in [0.2, 0.25) is 0 Å². The van der Waals surface area contributed by atoms with E-state index < -0.39 is 0 Å². The summed E-state index contributed by atoms with van der Waals surface area (Å²) in [6.45, 7) is 7.56. The minimum Gasteiger partial charge on any atom is -0.378 e. The van der Waals surface area contributed by atoms with Crippen LogP contribution in [-0.4, -0.2) is 36.3 Å². The van der Waals surface area contributed by atoms with Crippen molar-refractivity contribution in [2.24, 2.45) is 0 Å². The third-order valence-electron chi connectivity index (χ3n) is 2.55. The molecule has 0 amide bonds. The Labute approximate surface area is 104 Å². The molecule has 0 unspecified atom stereocenters. The maximum Gasteiger partial charge on any atom is 0.134 e. The fourth-order valence-corrected chi connectivity index (χ4v) is 2.02. The monoisotopic (exact) mass is 285 g/mol. The zero-order valence-corrected chi connectivity index (χ0v) is 11.2. The van der Waals surface area contributed by atoms with Crippen molar-refractivity contribution in [2.45, 2.75) is 19.8 Å². The van der Waals surface area contributed by atoms with Gasteiger partial charge in [-0.15, -0.1) is 0 Å². The van der Waals surface area contributed by atoms with Gasteiger partial charge in [-0.25, -0.2) is 9.97 Å². The number of ether oxygens (including phenoxy) is 1. The van der Waals surface area contributed by atoms with Crippen molar-refractivity contribution < 1.29 is 4.74 Å². The lowest BCUT2D eigenvalue weighted by Gasteiger charge is -2.28. The third kappa shape index (κ3) is 2.71. The van der Waals surface area contributed by atoms with Crippen LogP contribution in [0, 0.1) is 0 Å². The van der Waals surface area contributed by atoms with Crippen LogP contribution in [0.3, 0.4) is 0 Å². The van der Waals surface area contributed by atoms with Crippen LogP contribution >= 0.6 is 15.9 Å². The summed E-state index contributed by atoms with van der Waals surface area (Å²) in [5.41, 5.74) is 0. The molecule has 0 aromatic carbocycles. The molecule has 0 atom stereocenters. The zero-order valence-electron chi connectivity index (χ0n) is 9.61. The topological polar surface area (TPSA) is 38.2 Å². The first-order valence-electron chi connectivity index (χ1n) is 5.54. The number of anilines is 1. The van der Waals surface area contributed by atoms with Crippen LogP contribution in [0.25, 0.3) is 0 Å². The molecule has 0 spiro atoms. The summed E-state index contributed by atoms with van der Waals surface area (Å²) in [7, 11) is 0. The highest BCUT2D eigenvalue weighted by molar-refractivity contribution is 9.10. The molecule has 0 radical (unpaired) electrons. The predicted octanol–water partition coefficient (Wildman–Crippen LogP) is 2.20. The summed E-state index contributed by atoms with van der Waals surface area (Å²) in [5.74, 6) is 2.22. The molecule has 1 aliphatic rings. The maximum absolute atomic E-state index is 5.33. The van der Waals surface area contributed by atoms with Crippen LogP contribution in [0.2, 0.25) is 0 Å². The summed E-state index contributed by atoms with van der Waals surface area (Å²) in [6.07, 6.45) is 0. The van der Waals surface area contributed by atoms with E-state index in [0.717, 1.165) is 42.5 Å². The van der Waals surface area contributed by atoms with Gasteiger partial charge in [0.1, 0.15) is 16.2 Å². The fourth-order valence-electron chi connectivity index (χ4n) is 1.64. The maximum atomic E-state index is 5.33. The van der Waals surface area contributed by atoms with Gasteiger partial charge in [-0.2, -0.15) is 0 Å². The Balaban J connectivity index is 2.25. The first-order valence-corrected chi connectivity index (χ1v) is 6.33. The third-order valence-corrected chi connectivity index (χ3v) is 2.96. The molecule has 1 aromatic rings. The van der Waals surface area contributed by atoms with E-state index in [4.69, 9.17) is 4.74 Å². The van der Waals surface area contributed by atoms with Crippen LogP contribution < -0.4 is 4.90 Å². The van der Waals surface area contributed by atoms with Crippen molar-refractivity contribution in [2.75, 3.05) is 31.2 Å². The van der Waals surface area contributed by atoms with Crippen molar-refractivity contribution in [1.82, 2.24) is 9.97 Å². The lowest BCUT2D eigenvalue weighted by atomic mass is 10.2. The quantitative estimate of drug-likeness (QED) is 0.781. The molecule has 1 aromatic heterocycles. The minimum absolute atomic E-state index is 0.345. The highest BCUT2D eigenvalue weighted by atomic mass is 79.9. The van der Waals surface area contributed by atoms with E-state index in [1.165, 1.54) is 0 Å². The van der Waals surface area contributed by atoms with Crippen molar-refractivity contribution >= 4 is 21.7 Å². The Morgan fingerprint density at radius 2 is 2.00 bits per heavy atom. The highest BCUT2D eigenvalue weighted by Gasteiger charge is 2.15. The van der Waals surface area contributed by atoms with Gasteiger partial charge >= 0.3 is 0 Å². The summed E-state index contributed by atoms with van der Waals surface area (Å²) in [6, 6.07) is 1.97. The van der Waals surface area contributed by atoms with Crippen molar-refractivity contribution in [1.29, 1.82) is 0 Å². The molecule has 0 aliphatic carbocycles. The van der Waals surface area contributed by atoms with E-state index in [9.17, 15) is 0 Å². The molecule has 1 aliphatic heterocycles. The van der Waals surface area contributed by atoms with Crippen LogP contribution in [0.4, 0.5) is 5.82 Å². The lowest BCUT2D eigenvalue weighted by molar-refractivity contribution is 0.122. The molecule has 2 heterocycles. The molecule has 0 bridgehead atoms. The van der Waals surface area contributed by atoms with Gasteiger partial charge in [-0.3, -0.25) is 0 Å². The normalized spacial score (nSPS) is 16.9. The van der Waals surface area contributed by atoms with E-state index in [1.54, 1.807) is 0 Å². The van der Waals surface area contributed by atoms with E-state index in [0.29, 0.717) is 5.92 Å². The number of morpholine rings is 1. The molecule has 4 nitrogen and oxygen atoms in total. The van der Waals surface area contributed by atoms with Gasteiger partial charge in [0.05, 0.1) is 13.2 Å². The number of nitrogens with zero attached hydrogens (tertiary/aromatic N) is 3. The summed E-state index contributed by atoms with van der Waals surface area (Å²) in [5, 5.41) is 0. The second-order valence-corrected chi connectivity index (χ2v) is 4.97. The van der Waals surface area contributed by atoms with Crippen LogP contribution in [0.5, 0.6) is 0 Å². The van der Waals surface area contributed by atoms with Gasteiger partial charge in [0.15, 0.2) is 0 Å². The zero-order chi connectivity index (χ0) is 11.5. The van der Waals surface area contributed by atoms with Crippen LogP contribution in [-0.2, 0) is 4.74 Å².